The van der Waals surface area contributed by atoms with E-state index in [1.807, 2.05) is 0 Å². The van der Waals surface area contributed by atoms with Crippen molar-refractivity contribution in [1.82, 2.24) is 15.1 Å². The number of aromatic nitrogens is 2. The molecule has 1 fully saturated rings. The van der Waals surface area contributed by atoms with Crippen LogP contribution >= 0.6 is 0 Å². The minimum absolute atomic E-state index is 0.507. The third-order valence-electron chi connectivity index (χ3n) is 4.49. The first-order valence-corrected chi connectivity index (χ1v) is 7.93. The molecule has 1 aromatic rings. The third-order valence-corrected chi connectivity index (χ3v) is 4.49. The standard InChI is InChI=1S/C16H29N3/c1-4-14(3)19-9-8-16(18-19)12-17-11-15-7-5-6-13(2)10-15/h8-9,13-15,17H,4-7,10-12H2,1-3H3. The van der Waals surface area contributed by atoms with Crippen LogP contribution in [0.25, 0.3) is 0 Å². The highest BCUT2D eigenvalue weighted by molar-refractivity contribution is 4.99. The van der Waals surface area contributed by atoms with Crippen LogP contribution in [0.1, 0.15) is 64.6 Å². The summed E-state index contributed by atoms with van der Waals surface area (Å²) in [4.78, 5) is 0. The van der Waals surface area contributed by atoms with Crippen molar-refractivity contribution in [3.05, 3.63) is 18.0 Å². The molecule has 0 radical (unpaired) electrons. The molecule has 0 aliphatic heterocycles. The van der Waals surface area contributed by atoms with E-state index in [9.17, 15) is 0 Å². The van der Waals surface area contributed by atoms with E-state index in [-0.39, 0.29) is 0 Å². The van der Waals surface area contributed by atoms with Gasteiger partial charge in [-0.25, -0.2) is 0 Å². The summed E-state index contributed by atoms with van der Waals surface area (Å²) in [7, 11) is 0. The van der Waals surface area contributed by atoms with Gasteiger partial charge in [-0.2, -0.15) is 5.10 Å². The fraction of sp³-hybridized carbons (Fsp3) is 0.812. The predicted octanol–water partition coefficient (Wildman–Crippen LogP) is 3.77. The SMILES string of the molecule is CCC(C)n1ccc(CNCC2CCCC(C)C2)n1. The van der Waals surface area contributed by atoms with Crippen LogP contribution in [0.2, 0.25) is 0 Å². The Kier molecular flexibility index (Phi) is 5.44. The Morgan fingerprint density at radius 1 is 1.47 bits per heavy atom. The summed E-state index contributed by atoms with van der Waals surface area (Å²) in [5, 5.41) is 8.22. The van der Waals surface area contributed by atoms with E-state index in [1.54, 1.807) is 0 Å². The number of rotatable bonds is 6. The molecule has 0 spiro atoms. The van der Waals surface area contributed by atoms with Crippen molar-refractivity contribution in [2.24, 2.45) is 11.8 Å². The molecule has 3 unspecified atom stereocenters. The van der Waals surface area contributed by atoms with Crippen molar-refractivity contribution in [3.63, 3.8) is 0 Å². The van der Waals surface area contributed by atoms with E-state index < -0.39 is 0 Å². The van der Waals surface area contributed by atoms with Crippen LogP contribution in [0.5, 0.6) is 0 Å². The van der Waals surface area contributed by atoms with Gasteiger partial charge in [0.05, 0.1) is 5.69 Å². The summed E-state index contributed by atoms with van der Waals surface area (Å²) in [5.41, 5.74) is 1.17. The summed E-state index contributed by atoms with van der Waals surface area (Å²) in [6, 6.07) is 2.65. The first-order valence-electron chi connectivity index (χ1n) is 7.93. The van der Waals surface area contributed by atoms with Crippen molar-refractivity contribution < 1.29 is 0 Å². The van der Waals surface area contributed by atoms with Crippen LogP contribution in [0.4, 0.5) is 0 Å². The van der Waals surface area contributed by atoms with Crippen molar-refractivity contribution in [2.75, 3.05) is 6.54 Å². The van der Waals surface area contributed by atoms with Gasteiger partial charge in [-0.3, -0.25) is 4.68 Å². The van der Waals surface area contributed by atoms with Gasteiger partial charge in [0.25, 0.3) is 0 Å². The Labute approximate surface area is 117 Å². The van der Waals surface area contributed by atoms with Gasteiger partial charge >= 0.3 is 0 Å². The second-order valence-electron chi connectivity index (χ2n) is 6.31. The minimum Gasteiger partial charge on any atom is -0.311 e. The molecule has 0 amide bonds. The molecule has 1 saturated carbocycles. The molecule has 1 heterocycles. The number of hydrogen-bond donors (Lipinski definition) is 1. The molecule has 108 valence electrons. The summed E-state index contributed by atoms with van der Waals surface area (Å²) in [6.45, 7) is 8.87. The molecule has 3 heteroatoms. The van der Waals surface area contributed by atoms with E-state index in [0.717, 1.165) is 31.3 Å². The van der Waals surface area contributed by atoms with Crippen LogP contribution in [-0.4, -0.2) is 16.3 Å². The van der Waals surface area contributed by atoms with E-state index in [4.69, 9.17) is 0 Å². The first kappa shape index (κ1) is 14.6. The maximum atomic E-state index is 4.63. The minimum atomic E-state index is 0.507. The molecule has 3 atom stereocenters. The predicted molar refractivity (Wildman–Crippen MR) is 80.1 cm³/mol. The maximum absolute atomic E-state index is 4.63. The zero-order valence-corrected chi connectivity index (χ0v) is 12.7. The fourth-order valence-electron chi connectivity index (χ4n) is 3.05. The highest BCUT2D eigenvalue weighted by atomic mass is 15.3. The largest absolute Gasteiger partial charge is 0.311 e. The van der Waals surface area contributed by atoms with Crippen molar-refractivity contribution in [1.29, 1.82) is 0 Å². The van der Waals surface area contributed by atoms with Crippen LogP contribution in [0.15, 0.2) is 12.3 Å². The van der Waals surface area contributed by atoms with E-state index in [2.05, 4.69) is 48.1 Å². The highest BCUT2D eigenvalue weighted by Gasteiger charge is 2.18. The molecule has 3 nitrogen and oxygen atoms in total. The number of nitrogens with zero attached hydrogens (tertiary/aromatic N) is 2. The Morgan fingerprint density at radius 2 is 2.32 bits per heavy atom. The van der Waals surface area contributed by atoms with E-state index >= 15 is 0 Å². The van der Waals surface area contributed by atoms with E-state index in [1.165, 1.54) is 31.4 Å². The number of nitrogens with one attached hydrogen (secondary N) is 1. The van der Waals surface area contributed by atoms with Crippen LogP contribution in [0.3, 0.4) is 0 Å². The van der Waals surface area contributed by atoms with Gasteiger partial charge in [0.15, 0.2) is 0 Å². The van der Waals surface area contributed by atoms with Crippen molar-refractivity contribution in [3.8, 4) is 0 Å². The monoisotopic (exact) mass is 263 g/mol. The second-order valence-corrected chi connectivity index (χ2v) is 6.31. The maximum Gasteiger partial charge on any atom is 0.0762 e. The lowest BCUT2D eigenvalue weighted by atomic mass is 9.82. The van der Waals surface area contributed by atoms with Gasteiger partial charge in [-0.05, 0) is 50.6 Å². The molecule has 2 rings (SSSR count). The zero-order valence-electron chi connectivity index (χ0n) is 12.7. The Balaban J connectivity index is 1.72. The Hall–Kier alpha value is -0.830. The molecule has 0 aromatic carbocycles. The van der Waals surface area contributed by atoms with Crippen molar-refractivity contribution in [2.45, 2.75) is 65.5 Å². The van der Waals surface area contributed by atoms with Gasteiger partial charge in [0.2, 0.25) is 0 Å². The van der Waals surface area contributed by atoms with Crippen LogP contribution in [-0.2, 0) is 6.54 Å². The summed E-state index contributed by atoms with van der Waals surface area (Å²) >= 11 is 0. The average molecular weight is 263 g/mol. The molecule has 1 aliphatic carbocycles. The van der Waals surface area contributed by atoms with Crippen molar-refractivity contribution >= 4 is 0 Å². The lowest BCUT2D eigenvalue weighted by molar-refractivity contribution is 0.273. The molecule has 1 aromatic heterocycles. The third kappa shape index (κ3) is 4.34. The van der Waals surface area contributed by atoms with Crippen LogP contribution in [0, 0.1) is 11.8 Å². The highest BCUT2D eigenvalue weighted by Crippen LogP contribution is 2.27. The van der Waals surface area contributed by atoms with Gasteiger partial charge in [-0.1, -0.05) is 26.7 Å². The quantitative estimate of drug-likeness (QED) is 0.846. The zero-order chi connectivity index (χ0) is 13.7. The topological polar surface area (TPSA) is 29.9 Å². The smallest absolute Gasteiger partial charge is 0.0762 e. The lowest BCUT2D eigenvalue weighted by Gasteiger charge is -2.26. The molecule has 0 bridgehead atoms. The average Bonchev–Trinajstić information content (AvgIpc) is 2.87. The number of hydrogen-bond acceptors (Lipinski definition) is 2. The molecule has 19 heavy (non-hydrogen) atoms. The van der Waals surface area contributed by atoms with E-state index in [0.29, 0.717) is 6.04 Å². The fourth-order valence-corrected chi connectivity index (χ4v) is 3.05. The van der Waals surface area contributed by atoms with Gasteiger partial charge in [-0.15, -0.1) is 0 Å². The summed E-state index contributed by atoms with van der Waals surface area (Å²) in [5.74, 6) is 1.80. The molecule has 0 saturated heterocycles. The molecule has 1 aliphatic rings. The Bertz CT molecular complexity index is 372. The normalized spacial score (nSPS) is 25.4. The second kappa shape index (κ2) is 7.09. The summed E-state index contributed by atoms with van der Waals surface area (Å²) in [6.07, 6.45) is 8.88. The van der Waals surface area contributed by atoms with Gasteiger partial charge < -0.3 is 5.32 Å². The summed E-state index contributed by atoms with van der Waals surface area (Å²) < 4.78 is 2.08. The molecule has 1 N–H and O–H groups in total. The van der Waals surface area contributed by atoms with Gasteiger partial charge in [0.1, 0.15) is 0 Å². The lowest BCUT2D eigenvalue weighted by Crippen LogP contribution is -2.26. The first-order chi connectivity index (χ1) is 9.19. The van der Waals surface area contributed by atoms with Gasteiger partial charge in [0, 0.05) is 18.8 Å². The molecular weight excluding hydrogens is 234 g/mol. The van der Waals surface area contributed by atoms with Crippen LogP contribution < -0.4 is 5.32 Å². The molecular formula is C16H29N3. The Morgan fingerprint density at radius 3 is 3.05 bits per heavy atom.